The van der Waals surface area contributed by atoms with E-state index in [1.54, 1.807) is 0 Å². The van der Waals surface area contributed by atoms with E-state index >= 15 is 0 Å². The normalized spacial score (nSPS) is 11.6. The first-order valence-electron chi connectivity index (χ1n) is 24.8. The van der Waals surface area contributed by atoms with E-state index in [0.717, 1.165) is 61.6 Å². The van der Waals surface area contributed by atoms with Gasteiger partial charge in [-0.15, -0.1) is 0 Å². The summed E-state index contributed by atoms with van der Waals surface area (Å²) in [6, 6.07) is 83.9. The van der Waals surface area contributed by atoms with Crippen molar-refractivity contribution in [3.05, 3.63) is 253 Å². The molecule has 4 nitrogen and oxygen atoms in total. The summed E-state index contributed by atoms with van der Waals surface area (Å²) in [6.45, 7) is 8.78. The van der Waals surface area contributed by atoms with Crippen LogP contribution in [0.1, 0.15) is 22.3 Å². The summed E-state index contributed by atoms with van der Waals surface area (Å²) in [5, 5.41) is 4.85. The van der Waals surface area contributed by atoms with Gasteiger partial charge in [-0.1, -0.05) is 187 Å². The summed E-state index contributed by atoms with van der Waals surface area (Å²) in [6.07, 6.45) is 0. The topological polar surface area (TPSA) is 35.6 Å². The Morgan fingerprint density at radius 1 is 0.278 bits per heavy atom. The van der Waals surface area contributed by atoms with Crippen LogP contribution in [0, 0.1) is 27.7 Å². The van der Waals surface area contributed by atoms with Crippen LogP contribution in [0.3, 0.4) is 0 Å². The van der Waals surface area contributed by atoms with Crippen molar-refractivity contribution in [1.82, 2.24) is 19.1 Å². The molecule has 0 aliphatic carbocycles. The summed E-state index contributed by atoms with van der Waals surface area (Å²) >= 11 is 0. The van der Waals surface area contributed by atoms with Gasteiger partial charge in [0.15, 0.2) is 5.82 Å². The van der Waals surface area contributed by atoms with Crippen molar-refractivity contribution in [3.8, 4) is 78.7 Å². The second-order valence-electron chi connectivity index (χ2n) is 19.2. The summed E-state index contributed by atoms with van der Waals surface area (Å²) in [7, 11) is 0. The molecule has 0 atom stereocenters. The number of benzene rings is 10. The summed E-state index contributed by atoms with van der Waals surface area (Å²) in [5.41, 5.74) is 23.6. The fraction of sp³-hybridized carbons (Fsp3) is 0.0588. The summed E-state index contributed by atoms with van der Waals surface area (Å²) in [5.74, 6) is 0.684. The molecule has 342 valence electrons. The molecule has 0 saturated heterocycles. The van der Waals surface area contributed by atoms with Gasteiger partial charge in [0.1, 0.15) is 0 Å². The molecule has 3 aromatic heterocycles. The smallest absolute Gasteiger partial charge is 0.160 e. The number of hydrogen-bond acceptors (Lipinski definition) is 2. The molecule has 13 aromatic rings. The average Bonchev–Trinajstić information content (AvgIpc) is 3.93. The molecule has 0 fully saturated rings. The molecule has 72 heavy (non-hydrogen) atoms. The van der Waals surface area contributed by atoms with Gasteiger partial charge in [0, 0.05) is 49.4 Å². The molecule has 4 heteroatoms. The molecule has 3 heterocycles. The number of aromatic nitrogens is 4. The van der Waals surface area contributed by atoms with Gasteiger partial charge in [-0.3, -0.25) is 0 Å². The maximum absolute atomic E-state index is 5.37. The largest absolute Gasteiger partial charge is 0.309 e. The van der Waals surface area contributed by atoms with Gasteiger partial charge >= 0.3 is 0 Å². The van der Waals surface area contributed by atoms with Crippen molar-refractivity contribution >= 4 is 43.6 Å². The third kappa shape index (κ3) is 7.30. The van der Waals surface area contributed by atoms with E-state index in [1.807, 2.05) is 12.1 Å². The molecule has 0 N–H and O–H groups in total. The SMILES string of the molecule is Cc1ccc(-c2ccc3c(c2)c2cc(-c4ccc(C)cc4C)ccc2n3-c2cc(-c3cc(-c4ccccc4)nc(-c4ccccc4)n3)ccc2-c2ccccc2-n2c3ccccc3c3ccccc32)c(C)c1. The van der Waals surface area contributed by atoms with Crippen molar-refractivity contribution < 1.29 is 0 Å². The Bertz CT molecular complexity index is 4030. The molecule has 10 aromatic carbocycles. The van der Waals surface area contributed by atoms with E-state index in [2.05, 4.69) is 255 Å². The van der Waals surface area contributed by atoms with Crippen LogP contribution in [0.15, 0.2) is 231 Å². The Kier molecular flexibility index (Phi) is 10.4. The predicted molar refractivity (Wildman–Crippen MR) is 302 cm³/mol. The fourth-order valence-electron chi connectivity index (χ4n) is 11.1. The highest BCUT2D eigenvalue weighted by Gasteiger charge is 2.23. The highest BCUT2D eigenvalue weighted by Crippen LogP contribution is 2.44. The third-order valence-electron chi connectivity index (χ3n) is 14.5. The van der Waals surface area contributed by atoms with Crippen molar-refractivity contribution in [2.45, 2.75) is 27.7 Å². The van der Waals surface area contributed by atoms with Gasteiger partial charge in [0.05, 0.1) is 44.8 Å². The lowest BCUT2D eigenvalue weighted by atomic mass is 9.95. The Labute approximate surface area is 419 Å². The number of para-hydroxylation sites is 3. The van der Waals surface area contributed by atoms with Gasteiger partial charge < -0.3 is 9.13 Å². The van der Waals surface area contributed by atoms with E-state index in [0.29, 0.717) is 5.82 Å². The Morgan fingerprint density at radius 3 is 1.31 bits per heavy atom. The Morgan fingerprint density at radius 2 is 0.722 bits per heavy atom. The summed E-state index contributed by atoms with van der Waals surface area (Å²) in [4.78, 5) is 10.5. The van der Waals surface area contributed by atoms with Crippen molar-refractivity contribution in [1.29, 1.82) is 0 Å². The third-order valence-corrected chi connectivity index (χ3v) is 14.5. The molecular formula is C68H50N4. The van der Waals surface area contributed by atoms with E-state index in [1.165, 1.54) is 77.1 Å². The van der Waals surface area contributed by atoms with Gasteiger partial charge in [-0.05, 0) is 116 Å². The quantitative estimate of drug-likeness (QED) is 0.152. The number of rotatable bonds is 8. The van der Waals surface area contributed by atoms with Crippen LogP contribution in [-0.2, 0) is 0 Å². The van der Waals surface area contributed by atoms with Crippen LogP contribution in [-0.4, -0.2) is 19.1 Å². The van der Waals surface area contributed by atoms with E-state index in [9.17, 15) is 0 Å². The highest BCUT2D eigenvalue weighted by atomic mass is 15.0. The Balaban J connectivity index is 1.12. The Hall–Kier alpha value is -9.12. The minimum atomic E-state index is 0.684. The van der Waals surface area contributed by atoms with E-state index < -0.39 is 0 Å². The van der Waals surface area contributed by atoms with Crippen molar-refractivity contribution in [2.75, 3.05) is 0 Å². The second kappa shape index (κ2) is 17.4. The molecule has 0 saturated carbocycles. The number of aryl methyl sites for hydroxylation is 4. The maximum Gasteiger partial charge on any atom is 0.160 e. The summed E-state index contributed by atoms with van der Waals surface area (Å²) < 4.78 is 4.94. The first kappa shape index (κ1) is 42.9. The van der Waals surface area contributed by atoms with Crippen molar-refractivity contribution in [2.24, 2.45) is 0 Å². The van der Waals surface area contributed by atoms with Gasteiger partial charge in [0.2, 0.25) is 0 Å². The number of hydrogen-bond donors (Lipinski definition) is 0. The van der Waals surface area contributed by atoms with Crippen LogP contribution < -0.4 is 0 Å². The minimum Gasteiger partial charge on any atom is -0.309 e. The standard InChI is InChI=1S/C68H50N4/c1-43-27-32-52(45(3)37-43)49-30-35-65-58(39-49)59-40-50(53-33-28-44(2)38-46(53)4)31-36-66(59)72(65)67-41-51(61-42-60(47-17-7-5-8-18-47)69-68(70-61)48-19-9-6-10-20-48)29-34-57(67)56-23-13-16-26-64(56)71-62-24-14-11-21-54(62)55-22-12-15-25-63(55)71/h5-42H,1-4H3. The van der Waals surface area contributed by atoms with Crippen LogP contribution >= 0.6 is 0 Å². The van der Waals surface area contributed by atoms with Gasteiger partial charge in [-0.25, -0.2) is 9.97 Å². The molecule has 0 aliphatic rings. The molecule has 0 aliphatic heterocycles. The average molecular weight is 923 g/mol. The van der Waals surface area contributed by atoms with Crippen LogP contribution in [0.5, 0.6) is 0 Å². The highest BCUT2D eigenvalue weighted by molar-refractivity contribution is 6.13. The van der Waals surface area contributed by atoms with E-state index in [4.69, 9.17) is 9.97 Å². The number of fused-ring (bicyclic) bond motifs is 6. The zero-order chi connectivity index (χ0) is 48.5. The van der Waals surface area contributed by atoms with E-state index in [-0.39, 0.29) is 0 Å². The van der Waals surface area contributed by atoms with Crippen LogP contribution in [0.4, 0.5) is 0 Å². The molecule has 0 spiro atoms. The number of nitrogens with zero attached hydrogens (tertiary/aromatic N) is 4. The molecule has 13 rings (SSSR count). The predicted octanol–water partition coefficient (Wildman–Crippen LogP) is 17.9. The zero-order valence-corrected chi connectivity index (χ0v) is 40.7. The molecule has 0 amide bonds. The minimum absolute atomic E-state index is 0.684. The van der Waals surface area contributed by atoms with Gasteiger partial charge in [0.25, 0.3) is 0 Å². The monoisotopic (exact) mass is 922 g/mol. The first-order chi connectivity index (χ1) is 35.3. The fourth-order valence-corrected chi connectivity index (χ4v) is 11.1. The zero-order valence-electron chi connectivity index (χ0n) is 40.7. The lowest BCUT2D eigenvalue weighted by molar-refractivity contribution is 1.15. The molecular weight excluding hydrogens is 873 g/mol. The lowest BCUT2D eigenvalue weighted by Crippen LogP contribution is -2.02. The first-order valence-corrected chi connectivity index (χ1v) is 24.8. The molecule has 0 bridgehead atoms. The van der Waals surface area contributed by atoms with Crippen LogP contribution in [0.2, 0.25) is 0 Å². The molecule has 0 radical (unpaired) electrons. The second-order valence-corrected chi connectivity index (χ2v) is 19.2. The maximum atomic E-state index is 5.37. The van der Waals surface area contributed by atoms with Crippen molar-refractivity contribution in [3.63, 3.8) is 0 Å². The molecule has 0 unspecified atom stereocenters. The van der Waals surface area contributed by atoms with Crippen LogP contribution in [0.25, 0.3) is 122 Å². The lowest BCUT2D eigenvalue weighted by Gasteiger charge is -2.20. The van der Waals surface area contributed by atoms with Gasteiger partial charge in [-0.2, -0.15) is 0 Å².